The number of anilines is 1. The summed E-state index contributed by atoms with van der Waals surface area (Å²) in [5.74, 6) is -1.69. The molecule has 2 aromatic carbocycles. The number of carbonyl (C=O) groups is 1. The fraction of sp³-hybridized carbons (Fsp3) is 0.375. The van der Waals surface area contributed by atoms with E-state index in [4.69, 9.17) is 4.74 Å². The number of aromatic nitrogens is 3. The van der Waals surface area contributed by atoms with Crippen molar-refractivity contribution in [1.82, 2.24) is 14.3 Å². The van der Waals surface area contributed by atoms with E-state index in [1.807, 2.05) is 27.7 Å². The second-order valence-corrected chi connectivity index (χ2v) is 8.16. The number of hydrogen-bond donors (Lipinski definition) is 1. The predicted molar refractivity (Wildman–Crippen MR) is 122 cm³/mol. The summed E-state index contributed by atoms with van der Waals surface area (Å²) in [7, 11) is 0. The molecule has 0 aliphatic heterocycles. The van der Waals surface area contributed by atoms with Crippen molar-refractivity contribution in [2.45, 2.75) is 59.6 Å². The number of halogens is 2. The monoisotopic (exact) mass is 458 g/mol. The van der Waals surface area contributed by atoms with Gasteiger partial charge in [-0.15, -0.1) is 0 Å². The molecule has 1 heterocycles. The van der Waals surface area contributed by atoms with E-state index >= 15 is 4.39 Å². The second-order valence-electron chi connectivity index (χ2n) is 8.16. The largest absolute Gasteiger partial charge is 0.490 e. The first-order valence-electron chi connectivity index (χ1n) is 10.9. The lowest BCUT2D eigenvalue weighted by atomic mass is 10.1. The van der Waals surface area contributed by atoms with Crippen LogP contribution in [-0.2, 0) is 0 Å². The minimum atomic E-state index is -0.834. The van der Waals surface area contributed by atoms with Gasteiger partial charge < -0.3 is 10.1 Å². The molecular weight excluding hydrogens is 430 g/mol. The molecule has 0 saturated carbocycles. The second kappa shape index (κ2) is 9.97. The van der Waals surface area contributed by atoms with E-state index in [1.54, 1.807) is 13.0 Å². The van der Waals surface area contributed by atoms with Crippen molar-refractivity contribution in [3.05, 3.63) is 69.9 Å². The minimum absolute atomic E-state index is 0.0398. The molecule has 0 aliphatic rings. The zero-order chi connectivity index (χ0) is 24.3. The van der Waals surface area contributed by atoms with E-state index in [2.05, 4.69) is 10.4 Å². The van der Waals surface area contributed by atoms with Crippen molar-refractivity contribution in [2.75, 3.05) is 5.32 Å². The van der Waals surface area contributed by atoms with Gasteiger partial charge in [-0.25, -0.2) is 13.6 Å². The van der Waals surface area contributed by atoms with Crippen molar-refractivity contribution in [3.8, 4) is 11.4 Å². The Kier molecular flexibility index (Phi) is 7.30. The van der Waals surface area contributed by atoms with Crippen LogP contribution in [0.1, 0.15) is 62.8 Å². The molecule has 3 rings (SSSR count). The van der Waals surface area contributed by atoms with Gasteiger partial charge in [0.15, 0.2) is 0 Å². The summed E-state index contributed by atoms with van der Waals surface area (Å²) in [4.78, 5) is 25.8. The average Bonchev–Trinajstić information content (AvgIpc) is 3.04. The zero-order valence-electron chi connectivity index (χ0n) is 19.4. The zero-order valence-corrected chi connectivity index (χ0v) is 19.4. The van der Waals surface area contributed by atoms with Crippen molar-refractivity contribution >= 4 is 11.6 Å². The van der Waals surface area contributed by atoms with Gasteiger partial charge in [-0.05, 0) is 52.3 Å². The van der Waals surface area contributed by atoms with Crippen LogP contribution in [0.3, 0.4) is 0 Å². The molecule has 0 fully saturated rings. The smallest absolute Gasteiger partial charge is 0.351 e. The van der Waals surface area contributed by atoms with Gasteiger partial charge in [-0.2, -0.15) is 9.78 Å². The maximum absolute atomic E-state index is 15.2. The van der Waals surface area contributed by atoms with Crippen LogP contribution in [0, 0.1) is 18.6 Å². The van der Waals surface area contributed by atoms with Gasteiger partial charge in [0.25, 0.3) is 5.91 Å². The van der Waals surface area contributed by atoms with Gasteiger partial charge in [0.05, 0.1) is 17.4 Å². The first-order valence-corrected chi connectivity index (χ1v) is 10.9. The Balaban J connectivity index is 2.10. The third-order valence-corrected chi connectivity index (χ3v) is 5.16. The van der Waals surface area contributed by atoms with Gasteiger partial charge in [0.1, 0.15) is 28.9 Å². The molecule has 1 amide bonds. The summed E-state index contributed by atoms with van der Waals surface area (Å²) in [5, 5.41) is 6.64. The molecule has 0 saturated heterocycles. The van der Waals surface area contributed by atoms with Crippen LogP contribution in [0.4, 0.5) is 14.5 Å². The number of benzene rings is 2. The summed E-state index contributed by atoms with van der Waals surface area (Å²) in [5.41, 5.74) is -0.793. The van der Waals surface area contributed by atoms with Crippen LogP contribution in [0.25, 0.3) is 5.69 Å². The molecule has 1 atom stereocenters. The quantitative estimate of drug-likeness (QED) is 0.514. The highest BCUT2D eigenvalue weighted by Crippen LogP contribution is 2.28. The first-order chi connectivity index (χ1) is 15.6. The van der Waals surface area contributed by atoms with Crippen LogP contribution < -0.4 is 15.7 Å². The Morgan fingerprint density at radius 2 is 1.85 bits per heavy atom. The highest BCUT2D eigenvalue weighted by molar-refractivity contribution is 6.06. The van der Waals surface area contributed by atoms with Crippen LogP contribution in [0.5, 0.6) is 5.75 Å². The molecule has 0 bridgehead atoms. The van der Waals surface area contributed by atoms with Crippen LogP contribution >= 0.6 is 0 Å². The molecule has 0 aliphatic carbocycles. The third-order valence-electron chi connectivity index (χ3n) is 5.16. The van der Waals surface area contributed by atoms with Crippen molar-refractivity contribution in [3.63, 3.8) is 0 Å². The molecule has 33 heavy (non-hydrogen) atoms. The Morgan fingerprint density at radius 3 is 2.45 bits per heavy atom. The number of nitrogens with zero attached hydrogens (tertiary/aromatic N) is 3. The van der Waals surface area contributed by atoms with E-state index in [-0.39, 0.29) is 34.8 Å². The number of nitrogens with one attached hydrogen (secondary N) is 1. The van der Waals surface area contributed by atoms with Crippen LogP contribution in [0.2, 0.25) is 0 Å². The number of rotatable bonds is 8. The fourth-order valence-corrected chi connectivity index (χ4v) is 3.64. The SMILES string of the molecule is CCC[C@H](C)Oc1cc(-n2nc(C)n(C(C)C)c2=O)c(F)cc1C(=O)Nc1ccccc1F. The van der Waals surface area contributed by atoms with E-state index in [9.17, 15) is 14.0 Å². The molecule has 3 aromatic rings. The highest BCUT2D eigenvalue weighted by Gasteiger charge is 2.23. The molecule has 0 spiro atoms. The predicted octanol–water partition coefficient (Wildman–Crippen LogP) is 5.02. The van der Waals surface area contributed by atoms with Gasteiger partial charge >= 0.3 is 5.69 Å². The highest BCUT2D eigenvalue weighted by atomic mass is 19.1. The maximum atomic E-state index is 15.2. The average molecular weight is 459 g/mol. The van der Waals surface area contributed by atoms with Crippen LogP contribution in [0.15, 0.2) is 41.2 Å². The molecule has 7 nitrogen and oxygen atoms in total. The van der Waals surface area contributed by atoms with E-state index < -0.39 is 23.2 Å². The molecule has 9 heteroatoms. The van der Waals surface area contributed by atoms with Crippen molar-refractivity contribution < 1.29 is 18.3 Å². The molecule has 1 aromatic heterocycles. The van der Waals surface area contributed by atoms with E-state index in [0.29, 0.717) is 12.2 Å². The number of aryl methyl sites for hydroxylation is 1. The van der Waals surface area contributed by atoms with Crippen LogP contribution in [-0.4, -0.2) is 26.4 Å². The lowest BCUT2D eigenvalue weighted by Crippen LogP contribution is -2.26. The van der Waals surface area contributed by atoms with E-state index in [1.165, 1.54) is 28.8 Å². The molecule has 0 unspecified atom stereocenters. The molecular formula is C24H28F2N4O3. The van der Waals surface area contributed by atoms with Crippen molar-refractivity contribution in [2.24, 2.45) is 0 Å². The lowest BCUT2D eigenvalue weighted by molar-refractivity contribution is 0.101. The summed E-state index contributed by atoms with van der Waals surface area (Å²) in [6.07, 6.45) is 1.26. The standard InChI is InChI=1S/C24H28F2N4O3/c1-6-9-15(4)33-22-13-21(30-24(32)29(14(2)3)16(5)28-30)19(26)12-17(22)23(31)27-20-11-8-7-10-18(20)25/h7-8,10-15H,6,9H2,1-5H3,(H,27,31)/t15-/m0/s1. The summed E-state index contributed by atoms with van der Waals surface area (Å²) in [6, 6.07) is 7.78. The van der Waals surface area contributed by atoms with Gasteiger partial charge in [0.2, 0.25) is 0 Å². The number of amides is 1. The summed E-state index contributed by atoms with van der Waals surface area (Å²) < 4.78 is 37.6. The topological polar surface area (TPSA) is 78.2 Å². The lowest BCUT2D eigenvalue weighted by Gasteiger charge is -2.18. The first kappa shape index (κ1) is 24.2. The summed E-state index contributed by atoms with van der Waals surface area (Å²) in [6.45, 7) is 9.13. The Hall–Kier alpha value is -3.49. The summed E-state index contributed by atoms with van der Waals surface area (Å²) >= 11 is 0. The fourth-order valence-electron chi connectivity index (χ4n) is 3.64. The molecule has 176 valence electrons. The van der Waals surface area contributed by atoms with Gasteiger partial charge in [0, 0.05) is 12.1 Å². The molecule has 0 radical (unpaired) electrons. The number of hydrogen-bond acceptors (Lipinski definition) is 4. The van der Waals surface area contributed by atoms with Crippen molar-refractivity contribution in [1.29, 1.82) is 0 Å². The number of para-hydroxylation sites is 1. The Morgan fingerprint density at radius 1 is 1.15 bits per heavy atom. The van der Waals surface area contributed by atoms with Gasteiger partial charge in [-0.3, -0.25) is 9.36 Å². The van der Waals surface area contributed by atoms with Gasteiger partial charge in [-0.1, -0.05) is 25.5 Å². The number of ether oxygens (including phenoxy) is 1. The number of carbonyl (C=O) groups excluding carboxylic acids is 1. The third kappa shape index (κ3) is 5.13. The van der Waals surface area contributed by atoms with E-state index in [0.717, 1.165) is 17.2 Å². The molecule has 1 N–H and O–H groups in total. The Labute approximate surface area is 191 Å². The normalized spacial score (nSPS) is 12.1. The Bertz CT molecular complexity index is 1220. The minimum Gasteiger partial charge on any atom is -0.490 e. The maximum Gasteiger partial charge on any atom is 0.351 e.